The van der Waals surface area contributed by atoms with Gasteiger partial charge in [-0.15, -0.1) is 0 Å². The van der Waals surface area contributed by atoms with E-state index in [4.69, 9.17) is 4.74 Å². The number of nitrogens with one attached hydrogen (secondary N) is 1. The lowest BCUT2D eigenvalue weighted by atomic mass is 10.2. The Bertz CT molecular complexity index is 1060. The maximum atomic E-state index is 13.0. The van der Waals surface area contributed by atoms with E-state index in [0.717, 1.165) is 5.56 Å². The molecule has 1 unspecified atom stereocenters. The Morgan fingerprint density at radius 3 is 2.33 bits per heavy atom. The lowest BCUT2D eigenvalue weighted by Gasteiger charge is -2.23. The van der Waals surface area contributed by atoms with Gasteiger partial charge in [-0.1, -0.05) is 17.7 Å². The van der Waals surface area contributed by atoms with Crippen molar-refractivity contribution in [2.45, 2.75) is 37.6 Å². The van der Waals surface area contributed by atoms with Crippen molar-refractivity contribution in [2.24, 2.45) is 0 Å². The molecule has 8 nitrogen and oxygen atoms in total. The molecular formula is C21H22N2O6S. The van der Waals surface area contributed by atoms with Crippen LogP contribution in [-0.4, -0.2) is 43.2 Å². The van der Waals surface area contributed by atoms with E-state index in [2.05, 4.69) is 5.32 Å². The highest BCUT2D eigenvalue weighted by atomic mass is 32.2. The van der Waals surface area contributed by atoms with E-state index < -0.39 is 33.8 Å². The van der Waals surface area contributed by atoms with Crippen molar-refractivity contribution >= 4 is 33.5 Å². The molecule has 0 spiro atoms. The smallest absolute Gasteiger partial charge is 0.338 e. The fourth-order valence-corrected chi connectivity index (χ4v) is 4.76. The molecule has 3 rings (SSSR count). The Kier molecular flexibility index (Phi) is 6.21. The molecule has 2 amide bonds. The van der Waals surface area contributed by atoms with Gasteiger partial charge >= 0.3 is 5.97 Å². The first kappa shape index (κ1) is 21.5. The lowest BCUT2D eigenvalue weighted by molar-refractivity contribution is -0.128. The summed E-state index contributed by atoms with van der Waals surface area (Å²) in [7, 11) is -4.15. The molecule has 1 fully saturated rings. The van der Waals surface area contributed by atoms with E-state index in [0.29, 0.717) is 15.6 Å². The maximum absolute atomic E-state index is 13.0. The number of amides is 2. The van der Waals surface area contributed by atoms with E-state index in [9.17, 15) is 22.8 Å². The molecule has 0 saturated carbocycles. The van der Waals surface area contributed by atoms with Gasteiger partial charge in [0.1, 0.15) is 6.04 Å². The second kappa shape index (κ2) is 8.66. The monoisotopic (exact) mass is 430 g/mol. The normalized spacial score (nSPS) is 16.4. The standard InChI is InChI=1S/C21H22N2O6S/c1-3-29-21(26)15-6-8-16(9-7-15)22-20(25)18-12-13-19(24)23(18)30(27,28)17-10-4-14(2)5-11-17/h4-11,18H,3,12-13H2,1-2H3,(H,22,25). The highest BCUT2D eigenvalue weighted by molar-refractivity contribution is 7.89. The molecule has 9 heteroatoms. The van der Waals surface area contributed by atoms with Crippen LogP contribution in [0.4, 0.5) is 5.69 Å². The predicted molar refractivity (Wildman–Crippen MR) is 109 cm³/mol. The number of carbonyl (C=O) groups is 3. The predicted octanol–water partition coefficient (Wildman–Crippen LogP) is 2.49. The zero-order valence-electron chi connectivity index (χ0n) is 16.6. The van der Waals surface area contributed by atoms with Crippen LogP contribution in [0.5, 0.6) is 0 Å². The first-order valence-electron chi connectivity index (χ1n) is 9.46. The summed E-state index contributed by atoms with van der Waals surface area (Å²) in [5.41, 5.74) is 1.58. The van der Waals surface area contributed by atoms with Crippen LogP contribution in [0.3, 0.4) is 0 Å². The molecule has 0 aliphatic carbocycles. The number of benzene rings is 2. The number of nitrogens with zero attached hydrogens (tertiary/aromatic N) is 1. The van der Waals surface area contributed by atoms with Gasteiger partial charge in [-0.3, -0.25) is 9.59 Å². The molecule has 2 aromatic carbocycles. The van der Waals surface area contributed by atoms with Crippen molar-refractivity contribution in [1.82, 2.24) is 4.31 Å². The topological polar surface area (TPSA) is 110 Å². The molecule has 1 aliphatic heterocycles. The van der Waals surface area contributed by atoms with Gasteiger partial charge in [0.15, 0.2) is 0 Å². The fraction of sp³-hybridized carbons (Fsp3) is 0.286. The maximum Gasteiger partial charge on any atom is 0.338 e. The molecule has 1 aliphatic rings. The second-order valence-electron chi connectivity index (χ2n) is 6.85. The minimum atomic E-state index is -4.15. The Morgan fingerprint density at radius 1 is 1.10 bits per heavy atom. The molecule has 1 N–H and O–H groups in total. The quantitative estimate of drug-likeness (QED) is 0.705. The summed E-state index contributed by atoms with van der Waals surface area (Å²) in [6.07, 6.45) is 0.0572. The largest absolute Gasteiger partial charge is 0.462 e. The molecule has 2 aromatic rings. The summed E-state index contributed by atoms with van der Waals surface area (Å²) in [4.78, 5) is 36.8. The first-order chi connectivity index (χ1) is 14.2. The number of hydrogen-bond acceptors (Lipinski definition) is 6. The van der Waals surface area contributed by atoms with Crippen LogP contribution >= 0.6 is 0 Å². The van der Waals surface area contributed by atoms with Crippen LogP contribution in [-0.2, 0) is 24.3 Å². The molecule has 30 heavy (non-hydrogen) atoms. The number of sulfonamides is 1. The van der Waals surface area contributed by atoms with Crippen LogP contribution in [0, 0.1) is 6.92 Å². The summed E-state index contributed by atoms with van der Waals surface area (Å²) in [5.74, 6) is -1.71. The number of esters is 1. The molecule has 1 heterocycles. The van der Waals surface area contributed by atoms with Crippen LogP contribution in [0.1, 0.15) is 35.7 Å². The molecular weight excluding hydrogens is 408 g/mol. The van der Waals surface area contributed by atoms with E-state index in [1.165, 1.54) is 36.4 Å². The third-order valence-corrected chi connectivity index (χ3v) is 6.55. The van der Waals surface area contributed by atoms with Gasteiger partial charge in [0.05, 0.1) is 17.1 Å². The second-order valence-corrected chi connectivity index (χ2v) is 8.66. The number of hydrogen-bond donors (Lipinski definition) is 1. The van der Waals surface area contributed by atoms with Crippen LogP contribution in [0.15, 0.2) is 53.4 Å². The molecule has 1 atom stereocenters. The third kappa shape index (κ3) is 4.35. The van der Waals surface area contributed by atoms with Crippen molar-refractivity contribution in [3.8, 4) is 0 Å². The van der Waals surface area contributed by atoms with Crippen molar-refractivity contribution < 1.29 is 27.5 Å². The zero-order chi connectivity index (χ0) is 21.9. The molecule has 0 aromatic heterocycles. The van der Waals surface area contributed by atoms with Crippen LogP contribution in [0.2, 0.25) is 0 Å². The molecule has 1 saturated heterocycles. The van der Waals surface area contributed by atoms with Gasteiger partial charge in [0, 0.05) is 12.1 Å². The number of anilines is 1. The minimum absolute atomic E-state index is 0.0367. The highest BCUT2D eigenvalue weighted by Gasteiger charge is 2.44. The van der Waals surface area contributed by atoms with E-state index in [1.807, 2.05) is 6.92 Å². The molecule has 0 radical (unpaired) electrons. The average molecular weight is 430 g/mol. The molecule has 158 valence electrons. The van der Waals surface area contributed by atoms with E-state index in [-0.39, 0.29) is 24.3 Å². The SMILES string of the molecule is CCOC(=O)c1ccc(NC(=O)C2CCC(=O)N2S(=O)(=O)c2ccc(C)cc2)cc1. The van der Waals surface area contributed by atoms with Gasteiger partial charge in [0.2, 0.25) is 11.8 Å². The minimum Gasteiger partial charge on any atom is -0.462 e. The van der Waals surface area contributed by atoms with Gasteiger partial charge in [-0.25, -0.2) is 17.5 Å². The Morgan fingerprint density at radius 2 is 1.73 bits per heavy atom. The summed E-state index contributed by atoms with van der Waals surface area (Å²) in [6, 6.07) is 11.0. The number of aryl methyl sites for hydroxylation is 1. The lowest BCUT2D eigenvalue weighted by Crippen LogP contribution is -2.45. The Hall–Kier alpha value is -3.20. The average Bonchev–Trinajstić information content (AvgIpc) is 3.11. The van der Waals surface area contributed by atoms with Crippen molar-refractivity contribution in [1.29, 1.82) is 0 Å². The summed E-state index contributed by atoms with van der Waals surface area (Å²) in [6.45, 7) is 3.77. The van der Waals surface area contributed by atoms with E-state index >= 15 is 0 Å². The summed E-state index contributed by atoms with van der Waals surface area (Å²) < 4.78 is 31.5. The highest BCUT2D eigenvalue weighted by Crippen LogP contribution is 2.28. The number of ether oxygens (including phenoxy) is 1. The van der Waals surface area contributed by atoms with Gasteiger partial charge in [-0.2, -0.15) is 0 Å². The van der Waals surface area contributed by atoms with Gasteiger partial charge in [-0.05, 0) is 56.7 Å². The first-order valence-corrected chi connectivity index (χ1v) is 10.9. The van der Waals surface area contributed by atoms with Crippen molar-refractivity contribution in [3.63, 3.8) is 0 Å². The Labute approximate surface area is 174 Å². The number of carbonyl (C=O) groups excluding carboxylic acids is 3. The third-order valence-electron chi connectivity index (χ3n) is 4.70. The summed E-state index contributed by atoms with van der Waals surface area (Å²) >= 11 is 0. The van der Waals surface area contributed by atoms with Crippen LogP contribution in [0.25, 0.3) is 0 Å². The van der Waals surface area contributed by atoms with Gasteiger partial charge in [0.25, 0.3) is 10.0 Å². The zero-order valence-corrected chi connectivity index (χ0v) is 17.4. The van der Waals surface area contributed by atoms with Crippen molar-refractivity contribution in [2.75, 3.05) is 11.9 Å². The summed E-state index contributed by atoms with van der Waals surface area (Å²) in [5, 5.41) is 2.62. The van der Waals surface area contributed by atoms with Crippen LogP contribution < -0.4 is 5.32 Å². The van der Waals surface area contributed by atoms with E-state index in [1.54, 1.807) is 19.1 Å². The van der Waals surface area contributed by atoms with Crippen molar-refractivity contribution in [3.05, 3.63) is 59.7 Å². The Balaban J connectivity index is 1.79. The number of rotatable bonds is 6. The fourth-order valence-electron chi connectivity index (χ4n) is 3.15. The van der Waals surface area contributed by atoms with Gasteiger partial charge < -0.3 is 10.1 Å². The molecule has 0 bridgehead atoms.